The quantitative estimate of drug-likeness (QED) is 0.254. The SMILES string of the molecule is C.C.CC.CC.CC(C)(C)C.CC(C)(C)C.c1ccc2ocnc2c1.c1ccc2ocnc2c1. The van der Waals surface area contributed by atoms with E-state index in [-0.39, 0.29) is 14.9 Å². The first-order valence-corrected chi connectivity index (χ1v) is 11.5. The Hall–Kier alpha value is -2.62. The standard InChI is InChI=1S/2C7H5NO.2C5H12.2C2H6.2CH4/c2*1-2-4-7-6(3-1)8-5-9-7;2*1-5(2,3)4;2*1-2;;/h2*1-5H;2*1-4H3;2*1-2H3;2*1H4. The van der Waals surface area contributed by atoms with Gasteiger partial charge in [0.15, 0.2) is 24.0 Å². The monoisotopic (exact) mass is 474 g/mol. The van der Waals surface area contributed by atoms with E-state index in [0.29, 0.717) is 10.8 Å². The van der Waals surface area contributed by atoms with Crippen LogP contribution in [0.1, 0.15) is 97.9 Å². The Morgan fingerprint density at radius 2 is 0.735 bits per heavy atom. The predicted molar refractivity (Wildman–Crippen MR) is 154 cm³/mol. The van der Waals surface area contributed by atoms with Gasteiger partial charge in [0.05, 0.1) is 0 Å². The van der Waals surface area contributed by atoms with Crippen molar-refractivity contribution in [3.05, 3.63) is 61.3 Å². The molecule has 0 spiro atoms. The smallest absolute Gasteiger partial charge is 0.181 e. The highest BCUT2D eigenvalue weighted by molar-refractivity contribution is 5.71. The molecule has 2 heterocycles. The molecule has 4 heteroatoms. The highest BCUT2D eigenvalue weighted by atomic mass is 16.3. The third kappa shape index (κ3) is 24.0. The Bertz CT molecular complexity index is 775. The molecule has 2 aromatic heterocycles. The van der Waals surface area contributed by atoms with E-state index in [0.717, 1.165) is 22.2 Å². The van der Waals surface area contributed by atoms with Crippen LogP contribution in [-0.4, -0.2) is 9.97 Å². The Kier molecular flexibility index (Phi) is 23.8. The van der Waals surface area contributed by atoms with E-state index in [9.17, 15) is 0 Å². The molecule has 0 aliphatic carbocycles. The Balaban J connectivity index is -0.000000171. The number of para-hydroxylation sites is 4. The van der Waals surface area contributed by atoms with E-state index in [2.05, 4.69) is 65.4 Å². The summed E-state index contributed by atoms with van der Waals surface area (Å²) < 4.78 is 10.0. The predicted octanol–water partition coefficient (Wildman–Crippen LogP) is 11.1. The molecule has 0 atom stereocenters. The third-order valence-electron chi connectivity index (χ3n) is 2.47. The van der Waals surface area contributed by atoms with Crippen LogP contribution >= 0.6 is 0 Å². The van der Waals surface area contributed by atoms with E-state index in [1.165, 1.54) is 12.8 Å². The molecule has 2 aromatic carbocycles. The number of hydrogen-bond acceptors (Lipinski definition) is 4. The van der Waals surface area contributed by atoms with Gasteiger partial charge in [0, 0.05) is 0 Å². The van der Waals surface area contributed by atoms with Crippen LogP contribution in [0.25, 0.3) is 22.2 Å². The van der Waals surface area contributed by atoms with Gasteiger partial charge in [-0.1, -0.05) is 122 Å². The summed E-state index contributed by atoms with van der Waals surface area (Å²) in [6.45, 7) is 25.5. The molecule has 0 radical (unpaired) electrons. The molecule has 0 unspecified atom stereocenters. The summed E-state index contributed by atoms with van der Waals surface area (Å²) in [6.07, 6.45) is 2.90. The number of rotatable bonds is 0. The van der Waals surface area contributed by atoms with Gasteiger partial charge in [-0.2, -0.15) is 0 Å². The summed E-state index contributed by atoms with van der Waals surface area (Å²) >= 11 is 0. The van der Waals surface area contributed by atoms with Crippen LogP contribution in [0.2, 0.25) is 0 Å². The maximum Gasteiger partial charge on any atom is 0.181 e. The highest BCUT2D eigenvalue weighted by Crippen LogP contribution is 2.10. The van der Waals surface area contributed by atoms with Crippen LogP contribution in [0.15, 0.2) is 70.2 Å². The topological polar surface area (TPSA) is 52.1 Å². The van der Waals surface area contributed by atoms with Crippen LogP contribution in [0.5, 0.6) is 0 Å². The van der Waals surface area contributed by atoms with Crippen molar-refractivity contribution in [2.45, 2.75) is 97.9 Å². The van der Waals surface area contributed by atoms with Crippen LogP contribution in [0.3, 0.4) is 0 Å². The van der Waals surface area contributed by atoms with Gasteiger partial charge in [0.2, 0.25) is 0 Å². The normalized spacial score (nSPS) is 9.29. The van der Waals surface area contributed by atoms with E-state index in [1.807, 2.05) is 76.2 Å². The lowest BCUT2D eigenvalue weighted by atomic mass is 10.0. The fraction of sp³-hybridized carbons (Fsp3) is 0.533. The fourth-order valence-corrected chi connectivity index (χ4v) is 1.61. The van der Waals surface area contributed by atoms with Crippen molar-refractivity contribution in [3.8, 4) is 0 Å². The molecule has 0 aliphatic heterocycles. The zero-order chi connectivity index (χ0) is 25.2. The van der Waals surface area contributed by atoms with Crippen LogP contribution < -0.4 is 0 Å². The van der Waals surface area contributed by atoms with Crippen molar-refractivity contribution in [3.63, 3.8) is 0 Å². The minimum absolute atomic E-state index is 0. The first-order chi connectivity index (χ1) is 14.9. The summed E-state index contributed by atoms with van der Waals surface area (Å²) in [5.41, 5.74) is 4.52. The second-order valence-corrected chi connectivity index (χ2v) is 9.64. The van der Waals surface area contributed by atoms with Gasteiger partial charge >= 0.3 is 0 Å². The zero-order valence-corrected chi connectivity index (χ0v) is 22.5. The van der Waals surface area contributed by atoms with Crippen LogP contribution in [0, 0.1) is 10.8 Å². The lowest BCUT2D eigenvalue weighted by Gasteiger charge is -2.05. The van der Waals surface area contributed by atoms with Gasteiger partial charge in [0.25, 0.3) is 0 Å². The second kappa shape index (κ2) is 20.9. The molecule has 196 valence electrons. The van der Waals surface area contributed by atoms with E-state index >= 15 is 0 Å². The molecular formula is C30H54N2O2. The Labute approximate surface area is 211 Å². The first-order valence-electron chi connectivity index (χ1n) is 11.5. The van der Waals surface area contributed by atoms with Gasteiger partial charge in [-0.3, -0.25) is 0 Å². The lowest BCUT2D eigenvalue weighted by Crippen LogP contribution is -1.93. The Morgan fingerprint density at radius 3 is 0.971 bits per heavy atom. The minimum Gasteiger partial charge on any atom is -0.443 e. The maximum atomic E-state index is 5.01. The van der Waals surface area contributed by atoms with Gasteiger partial charge in [-0.25, -0.2) is 9.97 Å². The van der Waals surface area contributed by atoms with Gasteiger partial charge < -0.3 is 8.83 Å². The number of oxazole rings is 2. The maximum absolute atomic E-state index is 5.01. The second-order valence-electron chi connectivity index (χ2n) is 9.64. The third-order valence-corrected chi connectivity index (χ3v) is 2.47. The summed E-state index contributed by atoms with van der Waals surface area (Å²) in [6, 6.07) is 15.3. The molecule has 0 saturated heterocycles. The highest BCUT2D eigenvalue weighted by Gasteiger charge is 1.96. The molecule has 0 fully saturated rings. The average Bonchev–Trinajstić information content (AvgIpc) is 3.38. The van der Waals surface area contributed by atoms with Gasteiger partial charge in [0.1, 0.15) is 11.0 Å². The molecule has 0 bridgehead atoms. The molecule has 0 amide bonds. The van der Waals surface area contributed by atoms with Crippen molar-refractivity contribution in [2.24, 2.45) is 10.8 Å². The molecule has 0 saturated carbocycles. The summed E-state index contributed by atoms with van der Waals surface area (Å²) in [5.74, 6) is 0. The number of aromatic nitrogens is 2. The van der Waals surface area contributed by atoms with Crippen molar-refractivity contribution in [1.82, 2.24) is 9.97 Å². The molecule has 4 aromatic rings. The number of hydrogen-bond donors (Lipinski definition) is 0. The summed E-state index contributed by atoms with van der Waals surface area (Å²) in [5, 5.41) is 0. The van der Waals surface area contributed by atoms with E-state index in [1.54, 1.807) is 0 Å². The van der Waals surface area contributed by atoms with Crippen molar-refractivity contribution in [1.29, 1.82) is 0 Å². The largest absolute Gasteiger partial charge is 0.443 e. The number of nitrogens with zero attached hydrogens (tertiary/aromatic N) is 2. The number of benzene rings is 2. The van der Waals surface area contributed by atoms with Gasteiger partial charge in [-0.15, -0.1) is 0 Å². The van der Waals surface area contributed by atoms with Crippen LogP contribution in [0.4, 0.5) is 0 Å². The van der Waals surface area contributed by atoms with E-state index < -0.39 is 0 Å². The molecule has 34 heavy (non-hydrogen) atoms. The summed E-state index contributed by atoms with van der Waals surface area (Å²) in [4.78, 5) is 7.90. The van der Waals surface area contributed by atoms with Crippen molar-refractivity contribution >= 4 is 22.2 Å². The molecule has 4 nitrogen and oxygen atoms in total. The van der Waals surface area contributed by atoms with Crippen LogP contribution in [-0.2, 0) is 0 Å². The summed E-state index contributed by atoms with van der Waals surface area (Å²) in [7, 11) is 0. The van der Waals surface area contributed by atoms with Gasteiger partial charge in [-0.05, 0) is 35.1 Å². The molecule has 4 rings (SSSR count). The van der Waals surface area contributed by atoms with E-state index in [4.69, 9.17) is 8.83 Å². The Morgan fingerprint density at radius 1 is 0.500 bits per heavy atom. The molecular weight excluding hydrogens is 420 g/mol. The lowest BCUT2D eigenvalue weighted by molar-refractivity contribution is 0.469. The fourth-order valence-electron chi connectivity index (χ4n) is 1.61. The van der Waals surface area contributed by atoms with Crippen molar-refractivity contribution < 1.29 is 8.83 Å². The molecule has 0 N–H and O–H groups in total. The first kappa shape index (κ1) is 38.6. The minimum atomic E-state index is 0. The number of fused-ring (bicyclic) bond motifs is 2. The van der Waals surface area contributed by atoms with Crippen molar-refractivity contribution in [2.75, 3.05) is 0 Å². The molecule has 0 aliphatic rings. The average molecular weight is 475 g/mol. The zero-order valence-electron chi connectivity index (χ0n) is 22.5.